The van der Waals surface area contributed by atoms with Crippen LogP contribution in [0.1, 0.15) is 19.4 Å². The van der Waals surface area contributed by atoms with Crippen molar-refractivity contribution >= 4 is 11.8 Å². The summed E-state index contributed by atoms with van der Waals surface area (Å²) in [4.78, 5) is 14.1. The van der Waals surface area contributed by atoms with Crippen LogP contribution in [0.4, 0.5) is 0 Å². The molecule has 8 heteroatoms. The van der Waals surface area contributed by atoms with Crippen LogP contribution >= 0.6 is 0 Å². The molecule has 7 nitrogen and oxygen atoms in total. The van der Waals surface area contributed by atoms with Gasteiger partial charge in [0.05, 0.1) is 5.56 Å². The second kappa shape index (κ2) is 5.64. The molecule has 1 aromatic rings. The number of hydrogen-bond acceptors (Lipinski definition) is 6. The van der Waals surface area contributed by atoms with Crippen molar-refractivity contribution in [1.82, 2.24) is 0 Å². The molecular formula is C11H12ClNO6. The van der Waals surface area contributed by atoms with Crippen LogP contribution in [0, 0.1) is 10.2 Å². The summed E-state index contributed by atoms with van der Waals surface area (Å²) in [6, 6.07) is 9.53. The molecule has 0 unspecified atom stereocenters. The Kier molecular flexibility index (Phi) is 4.61. The van der Waals surface area contributed by atoms with Crippen molar-refractivity contribution in [2.45, 2.75) is 19.4 Å². The van der Waals surface area contributed by atoms with Crippen molar-refractivity contribution in [3.8, 4) is 0 Å². The second-order valence-electron chi connectivity index (χ2n) is 4.14. The van der Waals surface area contributed by atoms with Gasteiger partial charge >= 0.3 is 11.8 Å². The van der Waals surface area contributed by atoms with Crippen LogP contribution in [0.3, 0.4) is 0 Å². The minimum Gasteiger partial charge on any atom is -0.422 e. The molecule has 19 heavy (non-hydrogen) atoms. The number of rotatable bonds is 1. The van der Waals surface area contributed by atoms with Crippen LogP contribution in [0.15, 0.2) is 30.3 Å². The Hall–Kier alpha value is -1.51. The summed E-state index contributed by atoms with van der Waals surface area (Å²) in [6.45, 7) is 3.50. The maximum Gasteiger partial charge on any atom is 0.431 e. The fourth-order valence-electron chi connectivity index (χ4n) is 1.30. The number of nitrogens with one attached hydrogen (secondary N) is 1. The standard InChI is InChI=1S/C11H11NO2.ClHO4/c1-11(2)10(13)12-9(14-11)8-6-4-3-5-7-8;2-1(3,4)5/h3-7H,1-2H3;(H,2,3,4,5). The van der Waals surface area contributed by atoms with E-state index in [0.717, 1.165) is 5.56 Å². The lowest BCUT2D eigenvalue weighted by atomic mass is 10.1. The zero-order chi connectivity index (χ0) is 14.7. The first-order valence-corrected chi connectivity index (χ1v) is 6.37. The van der Waals surface area contributed by atoms with E-state index in [9.17, 15) is 4.79 Å². The molecule has 0 aliphatic carbocycles. The summed E-state index contributed by atoms with van der Waals surface area (Å²) >= 11 is 0. The highest BCUT2D eigenvalue weighted by Crippen LogP contribution is 2.13. The van der Waals surface area contributed by atoms with Crippen molar-refractivity contribution in [1.29, 1.82) is 0 Å². The second-order valence-corrected chi connectivity index (χ2v) is 4.90. The number of amides is 1. The maximum atomic E-state index is 11.4. The molecule has 104 valence electrons. The third kappa shape index (κ3) is 5.33. The van der Waals surface area contributed by atoms with Gasteiger partial charge in [-0.25, -0.2) is 23.4 Å². The van der Waals surface area contributed by atoms with Gasteiger partial charge in [-0.05, 0) is 26.0 Å². The lowest BCUT2D eigenvalue weighted by Crippen LogP contribution is -2.76. The SMILES string of the molecule is CC1(C)OC(c2ccccc2)=[NH+]C1=O.[O-][Cl+3]([O-])([O-])[O-]. The average Bonchev–Trinajstić information content (AvgIpc) is 2.53. The average molecular weight is 290 g/mol. The van der Waals surface area contributed by atoms with Crippen LogP contribution < -0.4 is 23.6 Å². The van der Waals surface area contributed by atoms with Gasteiger partial charge in [0, 0.05) is 0 Å². The summed E-state index contributed by atoms with van der Waals surface area (Å²) in [5.74, 6) is 0.442. The van der Waals surface area contributed by atoms with Crippen molar-refractivity contribution in [3.63, 3.8) is 0 Å². The predicted molar refractivity (Wildman–Crippen MR) is 51.7 cm³/mol. The van der Waals surface area contributed by atoms with Gasteiger partial charge in [-0.3, -0.25) is 0 Å². The summed E-state index contributed by atoms with van der Waals surface area (Å²) in [6.07, 6.45) is 0. The quantitative estimate of drug-likeness (QED) is 0.551. The Labute approximate surface area is 111 Å². The van der Waals surface area contributed by atoms with Crippen LogP contribution in [0.2, 0.25) is 0 Å². The van der Waals surface area contributed by atoms with E-state index >= 15 is 0 Å². The van der Waals surface area contributed by atoms with Crippen molar-refractivity contribution in [2.24, 2.45) is 0 Å². The molecular weight excluding hydrogens is 278 g/mol. The van der Waals surface area contributed by atoms with E-state index in [0.29, 0.717) is 5.90 Å². The number of carbonyl (C=O) groups excluding carboxylic acids is 1. The van der Waals surface area contributed by atoms with Crippen molar-refractivity contribution in [3.05, 3.63) is 35.9 Å². The van der Waals surface area contributed by atoms with Gasteiger partial charge in [-0.15, -0.1) is 15.2 Å². The van der Waals surface area contributed by atoms with Gasteiger partial charge in [0.1, 0.15) is 0 Å². The van der Waals surface area contributed by atoms with Gasteiger partial charge in [0.2, 0.25) is 5.60 Å². The molecule has 0 atom stereocenters. The molecule has 0 bridgehead atoms. The normalized spacial score (nSPS) is 17.2. The Morgan fingerprint density at radius 2 is 1.58 bits per heavy atom. The summed E-state index contributed by atoms with van der Waals surface area (Å²) in [7, 11) is -4.94. The molecule has 0 saturated heterocycles. The highest BCUT2D eigenvalue weighted by Gasteiger charge is 2.44. The Balaban J connectivity index is 0.000000312. The van der Waals surface area contributed by atoms with E-state index in [-0.39, 0.29) is 5.91 Å². The van der Waals surface area contributed by atoms with E-state index in [2.05, 4.69) is 4.99 Å². The molecule has 0 saturated carbocycles. The van der Waals surface area contributed by atoms with E-state index in [1.165, 1.54) is 0 Å². The zero-order valence-corrected chi connectivity index (χ0v) is 11.0. The van der Waals surface area contributed by atoms with E-state index in [4.69, 9.17) is 23.4 Å². The summed E-state index contributed by atoms with van der Waals surface area (Å²) in [5, 5.41) is 0. The minimum absolute atomic E-state index is 0.101. The molecule has 0 fully saturated rings. The van der Waals surface area contributed by atoms with Gasteiger partial charge in [0.15, 0.2) is 0 Å². The first-order valence-electron chi connectivity index (χ1n) is 5.14. The Morgan fingerprint density at radius 1 is 1.11 bits per heavy atom. The topological polar surface area (TPSA) is 133 Å². The number of halogens is 1. The zero-order valence-electron chi connectivity index (χ0n) is 10.2. The maximum absolute atomic E-state index is 11.4. The molecule has 2 rings (SSSR count). The van der Waals surface area contributed by atoms with Gasteiger partial charge in [-0.2, -0.15) is 0 Å². The van der Waals surface area contributed by atoms with E-state index in [1.54, 1.807) is 13.8 Å². The van der Waals surface area contributed by atoms with Crippen molar-refractivity contribution < 1.29 is 43.4 Å². The van der Waals surface area contributed by atoms with Crippen LogP contribution in [0.5, 0.6) is 0 Å². The van der Waals surface area contributed by atoms with Gasteiger partial charge in [-0.1, -0.05) is 18.2 Å². The van der Waals surface area contributed by atoms with Gasteiger partial charge in [0.25, 0.3) is 0 Å². The summed E-state index contributed by atoms with van der Waals surface area (Å²) in [5.41, 5.74) is 0.136. The molecule has 1 amide bonds. The fraction of sp³-hybridized carbons (Fsp3) is 0.273. The molecule has 1 aliphatic rings. The minimum atomic E-state index is -4.94. The first-order chi connectivity index (χ1) is 8.59. The van der Waals surface area contributed by atoms with Crippen LogP contribution in [-0.4, -0.2) is 17.4 Å². The lowest BCUT2D eigenvalue weighted by Gasteiger charge is -2.17. The third-order valence-corrected chi connectivity index (χ3v) is 2.17. The smallest absolute Gasteiger partial charge is 0.422 e. The molecule has 0 aromatic heterocycles. The van der Waals surface area contributed by atoms with E-state index in [1.807, 2.05) is 30.3 Å². The number of hydrogen-bond donors (Lipinski definition) is 1. The van der Waals surface area contributed by atoms with Gasteiger partial charge < -0.3 is 4.74 Å². The lowest BCUT2D eigenvalue weighted by molar-refractivity contribution is -2.00. The molecule has 1 N–H and O–H groups in total. The Morgan fingerprint density at radius 3 is 1.95 bits per heavy atom. The number of ether oxygens (including phenoxy) is 1. The largest absolute Gasteiger partial charge is 0.431 e. The monoisotopic (exact) mass is 289 g/mol. The fourth-order valence-corrected chi connectivity index (χ4v) is 1.30. The first kappa shape index (κ1) is 15.5. The Bertz CT molecular complexity index is 474. The molecule has 1 aliphatic heterocycles. The number of benzene rings is 1. The highest BCUT2D eigenvalue weighted by atomic mass is 35.7. The van der Waals surface area contributed by atoms with Crippen molar-refractivity contribution in [2.75, 3.05) is 0 Å². The number of carbonyl (C=O) groups is 1. The molecule has 0 radical (unpaired) electrons. The summed E-state index contributed by atoms with van der Waals surface area (Å²) < 4.78 is 39.5. The molecule has 1 aromatic carbocycles. The molecule has 1 heterocycles. The van der Waals surface area contributed by atoms with Crippen LogP contribution in [0.25, 0.3) is 0 Å². The third-order valence-electron chi connectivity index (χ3n) is 2.17. The molecule has 0 spiro atoms. The highest BCUT2D eigenvalue weighted by molar-refractivity contribution is 5.98. The predicted octanol–water partition coefficient (Wildman–Crippen LogP) is -4.91. The van der Waals surface area contributed by atoms with E-state index < -0.39 is 15.8 Å². The van der Waals surface area contributed by atoms with Crippen LogP contribution in [-0.2, 0) is 9.53 Å².